The van der Waals surface area contributed by atoms with Crippen LogP contribution < -0.4 is 10.1 Å². The molecule has 4 rings (SSSR count). The number of benzene rings is 2. The van der Waals surface area contributed by atoms with Gasteiger partial charge in [-0.25, -0.2) is 4.98 Å². The fourth-order valence-corrected chi connectivity index (χ4v) is 5.56. The molecular formula is C32H39Cl2N3O4. The Labute approximate surface area is 253 Å². The minimum atomic E-state index is -0.912. The van der Waals surface area contributed by atoms with E-state index in [-0.39, 0.29) is 30.4 Å². The second-order valence-electron chi connectivity index (χ2n) is 10.9. The Kier molecular flexibility index (Phi) is 11.6. The smallest absolute Gasteiger partial charge is 0.305 e. The maximum absolute atomic E-state index is 13.5. The second-order valence-corrected chi connectivity index (χ2v) is 11.3. The van der Waals surface area contributed by atoms with Gasteiger partial charge in [0.05, 0.1) is 29.3 Å². The van der Waals surface area contributed by atoms with E-state index >= 15 is 0 Å². The van der Waals surface area contributed by atoms with Gasteiger partial charge in [-0.15, -0.1) is 12.4 Å². The molecule has 1 aliphatic carbocycles. The van der Waals surface area contributed by atoms with Gasteiger partial charge >= 0.3 is 5.97 Å². The Morgan fingerprint density at radius 1 is 1.05 bits per heavy atom. The van der Waals surface area contributed by atoms with Crippen molar-refractivity contribution in [2.75, 3.05) is 27.2 Å². The van der Waals surface area contributed by atoms with Crippen LogP contribution in [-0.4, -0.2) is 59.7 Å². The highest BCUT2D eigenvalue weighted by molar-refractivity contribution is 6.32. The highest BCUT2D eigenvalue weighted by Crippen LogP contribution is 2.37. The molecule has 41 heavy (non-hydrogen) atoms. The normalized spacial score (nSPS) is 14.3. The van der Waals surface area contributed by atoms with E-state index in [1.807, 2.05) is 63.5 Å². The van der Waals surface area contributed by atoms with Crippen molar-refractivity contribution in [1.82, 2.24) is 15.2 Å². The van der Waals surface area contributed by atoms with E-state index in [0.717, 1.165) is 54.5 Å². The SMILES string of the molecule is Cc1ccccc1-c1ccc(C(=O)NC2(CC(=O)O)CCCCC2)nc1-c1ccc(Cl)c(OCCCN(C)C)c1.Cl. The molecule has 1 aliphatic rings. The summed E-state index contributed by atoms with van der Waals surface area (Å²) in [6, 6.07) is 17.2. The molecule has 220 valence electrons. The van der Waals surface area contributed by atoms with Gasteiger partial charge in [0.15, 0.2) is 0 Å². The van der Waals surface area contributed by atoms with Crippen molar-refractivity contribution in [3.63, 3.8) is 0 Å². The first-order valence-electron chi connectivity index (χ1n) is 13.9. The molecule has 0 aliphatic heterocycles. The molecule has 1 saturated carbocycles. The molecule has 0 saturated heterocycles. The summed E-state index contributed by atoms with van der Waals surface area (Å²) in [7, 11) is 4.04. The zero-order valence-electron chi connectivity index (χ0n) is 23.9. The summed E-state index contributed by atoms with van der Waals surface area (Å²) in [4.78, 5) is 32.2. The van der Waals surface area contributed by atoms with E-state index in [2.05, 4.69) is 10.2 Å². The maximum Gasteiger partial charge on any atom is 0.305 e. The minimum absolute atomic E-state index is 0. The van der Waals surface area contributed by atoms with Crippen LogP contribution in [0.4, 0.5) is 0 Å². The molecule has 1 fully saturated rings. The van der Waals surface area contributed by atoms with Gasteiger partial charge in [-0.3, -0.25) is 9.59 Å². The Morgan fingerprint density at radius 3 is 2.46 bits per heavy atom. The lowest BCUT2D eigenvalue weighted by molar-refractivity contribution is -0.139. The number of hydrogen-bond acceptors (Lipinski definition) is 5. The summed E-state index contributed by atoms with van der Waals surface area (Å²) in [5.41, 5.74) is 3.87. The van der Waals surface area contributed by atoms with Crippen LogP contribution in [0.5, 0.6) is 5.75 Å². The molecule has 3 aromatic rings. The van der Waals surface area contributed by atoms with Crippen LogP contribution in [0.15, 0.2) is 54.6 Å². The topological polar surface area (TPSA) is 91.8 Å². The van der Waals surface area contributed by atoms with Crippen molar-refractivity contribution in [2.45, 2.75) is 57.4 Å². The fraction of sp³-hybridized carbons (Fsp3) is 0.406. The number of hydrogen-bond donors (Lipinski definition) is 2. The van der Waals surface area contributed by atoms with Crippen LogP contribution in [0.3, 0.4) is 0 Å². The maximum atomic E-state index is 13.5. The number of ether oxygens (including phenoxy) is 1. The van der Waals surface area contributed by atoms with Crippen molar-refractivity contribution >= 4 is 35.9 Å². The van der Waals surface area contributed by atoms with Crippen LogP contribution in [0.1, 0.15) is 61.0 Å². The van der Waals surface area contributed by atoms with Crippen molar-refractivity contribution in [3.8, 4) is 28.1 Å². The molecule has 1 aromatic heterocycles. The summed E-state index contributed by atoms with van der Waals surface area (Å²) in [5.74, 6) is -0.715. The third-order valence-corrected chi connectivity index (χ3v) is 7.77. The van der Waals surface area contributed by atoms with Crippen molar-refractivity contribution in [3.05, 3.63) is 70.9 Å². The van der Waals surface area contributed by atoms with Crippen LogP contribution in [0, 0.1) is 6.92 Å². The third kappa shape index (κ3) is 8.44. The summed E-state index contributed by atoms with van der Waals surface area (Å²) < 4.78 is 6.03. The van der Waals surface area contributed by atoms with Crippen LogP contribution in [0.25, 0.3) is 22.4 Å². The van der Waals surface area contributed by atoms with Gasteiger partial charge in [-0.1, -0.05) is 61.2 Å². The molecule has 2 N–H and O–H groups in total. The number of aromatic nitrogens is 1. The number of nitrogens with zero attached hydrogens (tertiary/aromatic N) is 2. The van der Waals surface area contributed by atoms with Gasteiger partial charge in [0.2, 0.25) is 0 Å². The summed E-state index contributed by atoms with van der Waals surface area (Å²) in [5, 5.41) is 13.1. The van der Waals surface area contributed by atoms with Crippen LogP contribution >= 0.6 is 24.0 Å². The predicted molar refractivity (Wildman–Crippen MR) is 166 cm³/mol. The van der Waals surface area contributed by atoms with E-state index in [9.17, 15) is 14.7 Å². The molecule has 1 heterocycles. The van der Waals surface area contributed by atoms with Gasteiger partial charge in [0.1, 0.15) is 11.4 Å². The van der Waals surface area contributed by atoms with E-state index in [0.29, 0.717) is 35.9 Å². The van der Waals surface area contributed by atoms with Gasteiger partial charge in [-0.05, 0) is 75.7 Å². The van der Waals surface area contributed by atoms with Crippen molar-refractivity contribution in [2.24, 2.45) is 0 Å². The number of carboxylic acid groups (broad SMARTS) is 1. The average Bonchev–Trinajstić information content (AvgIpc) is 2.92. The molecule has 0 atom stereocenters. The molecule has 1 amide bonds. The molecule has 7 nitrogen and oxygen atoms in total. The first kappa shape index (κ1) is 32.4. The summed E-state index contributed by atoms with van der Waals surface area (Å²) in [6.07, 6.45) is 4.87. The molecule has 0 radical (unpaired) electrons. The van der Waals surface area contributed by atoms with E-state index < -0.39 is 11.5 Å². The number of nitrogens with one attached hydrogen (secondary N) is 1. The lowest BCUT2D eigenvalue weighted by Gasteiger charge is -2.36. The fourth-order valence-electron chi connectivity index (χ4n) is 5.39. The Balaban J connectivity index is 0.00000462. The van der Waals surface area contributed by atoms with Gasteiger partial charge in [0, 0.05) is 17.7 Å². The minimum Gasteiger partial charge on any atom is -0.492 e. The standard InChI is InChI=1S/C32H38ClN3O4.ClH/c1-22-10-5-6-11-24(22)25-13-15-27(31(39)35-32(21-29(37)38)16-7-4-8-17-32)34-30(25)23-12-14-26(33)28(20-23)40-19-9-18-36(2)3;/h5-6,10-15,20H,4,7-9,16-19,21H2,1-3H3,(H,35,39)(H,37,38);1H. The molecule has 2 aromatic carbocycles. The van der Waals surface area contributed by atoms with Crippen LogP contribution in [-0.2, 0) is 4.79 Å². The summed E-state index contributed by atoms with van der Waals surface area (Å²) >= 11 is 6.49. The monoisotopic (exact) mass is 599 g/mol. The number of carbonyl (C=O) groups is 2. The number of pyridine rings is 1. The van der Waals surface area contributed by atoms with Gasteiger partial charge < -0.3 is 20.1 Å². The van der Waals surface area contributed by atoms with Crippen molar-refractivity contribution in [1.29, 1.82) is 0 Å². The van der Waals surface area contributed by atoms with Gasteiger partial charge in [0.25, 0.3) is 5.91 Å². The second kappa shape index (κ2) is 14.7. The Hall–Kier alpha value is -3.13. The Bertz CT molecular complexity index is 1360. The average molecular weight is 601 g/mol. The number of halogens is 2. The first-order chi connectivity index (χ1) is 19.2. The highest BCUT2D eigenvalue weighted by Gasteiger charge is 2.36. The lowest BCUT2D eigenvalue weighted by atomic mass is 9.79. The van der Waals surface area contributed by atoms with Gasteiger partial charge in [-0.2, -0.15) is 0 Å². The highest BCUT2D eigenvalue weighted by atomic mass is 35.5. The summed E-state index contributed by atoms with van der Waals surface area (Å²) in [6.45, 7) is 3.46. The largest absolute Gasteiger partial charge is 0.492 e. The van der Waals surface area contributed by atoms with Crippen molar-refractivity contribution < 1.29 is 19.4 Å². The number of aryl methyl sites for hydroxylation is 1. The predicted octanol–water partition coefficient (Wildman–Crippen LogP) is 7.04. The first-order valence-corrected chi connectivity index (χ1v) is 14.2. The molecular weight excluding hydrogens is 561 g/mol. The van der Waals surface area contributed by atoms with E-state index in [4.69, 9.17) is 21.3 Å². The number of amides is 1. The Morgan fingerprint density at radius 2 is 1.78 bits per heavy atom. The van der Waals surface area contributed by atoms with E-state index in [1.54, 1.807) is 12.1 Å². The zero-order chi connectivity index (χ0) is 28.7. The third-order valence-electron chi connectivity index (χ3n) is 7.45. The molecule has 0 spiro atoms. The molecule has 9 heteroatoms. The zero-order valence-corrected chi connectivity index (χ0v) is 25.5. The van der Waals surface area contributed by atoms with Crippen LogP contribution in [0.2, 0.25) is 5.02 Å². The molecule has 0 bridgehead atoms. The number of carbonyl (C=O) groups excluding carboxylic acids is 1. The lowest BCUT2D eigenvalue weighted by Crippen LogP contribution is -2.51. The quantitative estimate of drug-likeness (QED) is 0.230. The number of carboxylic acids is 1. The number of rotatable bonds is 11. The van der Waals surface area contributed by atoms with E-state index in [1.165, 1.54) is 0 Å². The number of aliphatic carboxylic acids is 1. The molecule has 0 unspecified atom stereocenters.